The van der Waals surface area contributed by atoms with Crippen molar-refractivity contribution < 1.29 is 9.53 Å². The summed E-state index contributed by atoms with van der Waals surface area (Å²) in [4.78, 5) is 14.0. The molecule has 0 radical (unpaired) electrons. The predicted molar refractivity (Wildman–Crippen MR) is 91.8 cm³/mol. The number of benzene rings is 1. The lowest BCUT2D eigenvalue weighted by Crippen LogP contribution is -2.31. The highest BCUT2D eigenvalue weighted by Gasteiger charge is 2.17. The van der Waals surface area contributed by atoms with Crippen molar-refractivity contribution in [2.75, 3.05) is 26.2 Å². The lowest BCUT2D eigenvalue weighted by molar-refractivity contribution is 0.0954. The number of hydrogen-bond acceptors (Lipinski definition) is 4. The van der Waals surface area contributed by atoms with Crippen LogP contribution in [0.3, 0.4) is 0 Å². The van der Waals surface area contributed by atoms with E-state index in [-0.39, 0.29) is 5.91 Å². The second-order valence-electron chi connectivity index (χ2n) is 4.71. The maximum absolute atomic E-state index is 12.3. The second kappa shape index (κ2) is 8.56. The SMILES string of the molecule is CCNCCNC(=O)c1sc(-c2ccccc2)cc1OCC. The molecule has 0 aliphatic heterocycles. The summed E-state index contributed by atoms with van der Waals surface area (Å²) in [5.41, 5.74) is 1.10. The first-order chi connectivity index (χ1) is 10.8. The largest absolute Gasteiger partial charge is 0.492 e. The molecule has 1 aromatic carbocycles. The van der Waals surface area contributed by atoms with Gasteiger partial charge in [0.1, 0.15) is 10.6 Å². The first kappa shape index (κ1) is 16.5. The van der Waals surface area contributed by atoms with E-state index in [2.05, 4.69) is 10.6 Å². The third-order valence-corrected chi connectivity index (χ3v) is 4.26. The van der Waals surface area contributed by atoms with Crippen LogP contribution < -0.4 is 15.4 Å². The lowest BCUT2D eigenvalue weighted by Gasteiger charge is -2.06. The maximum atomic E-state index is 12.3. The third kappa shape index (κ3) is 4.32. The predicted octanol–water partition coefficient (Wildman–Crippen LogP) is 3.15. The Morgan fingerprint density at radius 2 is 1.95 bits per heavy atom. The number of carbonyl (C=O) groups excluding carboxylic acids is 1. The minimum atomic E-state index is -0.0754. The standard InChI is InChI=1S/C17H22N2O2S/c1-3-18-10-11-19-17(20)16-14(21-4-2)12-15(22-16)13-8-6-5-7-9-13/h5-9,12,18H,3-4,10-11H2,1-2H3,(H,19,20). The Morgan fingerprint density at radius 1 is 1.18 bits per heavy atom. The van der Waals surface area contributed by atoms with Crippen LogP contribution in [0.2, 0.25) is 0 Å². The van der Waals surface area contributed by atoms with Crippen LogP contribution in [0.4, 0.5) is 0 Å². The molecule has 0 spiro atoms. The van der Waals surface area contributed by atoms with E-state index >= 15 is 0 Å². The molecule has 5 heteroatoms. The number of amides is 1. The molecule has 0 saturated carbocycles. The van der Waals surface area contributed by atoms with Crippen LogP contribution in [0.15, 0.2) is 36.4 Å². The van der Waals surface area contributed by atoms with Gasteiger partial charge in [-0.15, -0.1) is 11.3 Å². The number of hydrogen-bond donors (Lipinski definition) is 2. The van der Waals surface area contributed by atoms with Crippen LogP contribution in [0, 0.1) is 0 Å². The van der Waals surface area contributed by atoms with Crippen molar-refractivity contribution in [1.82, 2.24) is 10.6 Å². The zero-order valence-electron chi connectivity index (χ0n) is 13.0. The number of nitrogens with one attached hydrogen (secondary N) is 2. The molecule has 0 aliphatic carbocycles. The summed E-state index contributed by atoms with van der Waals surface area (Å²) < 4.78 is 5.62. The van der Waals surface area contributed by atoms with Crippen LogP contribution in [0.5, 0.6) is 5.75 Å². The highest BCUT2D eigenvalue weighted by atomic mass is 32.1. The Labute approximate surface area is 135 Å². The molecule has 2 aromatic rings. The normalized spacial score (nSPS) is 10.5. The summed E-state index contributed by atoms with van der Waals surface area (Å²) in [6.07, 6.45) is 0. The Kier molecular flexibility index (Phi) is 6.43. The highest BCUT2D eigenvalue weighted by Crippen LogP contribution is 2.36. The topological polar surface area (TPSA) is 50.4 Å². The summed E-state index contributed by atoms with van der Waals surface area (Å²) in [6.45, 7) is 6.78. The third-order valence-electron chi connectivity index (χ3n) is 3.10. The fraction of sp³-hybridized carbons (Fsp3) is 0.353. The van der Waals surface area contributed by atoms with Gasteiger partial charge in [-0.05, 0) is 25.1 Å². The zero-order chi connectivity index (χ0) is 15.8. The first-order valence-electron chi connectivity index (χ1n) is 7.57. The quantitative estimate of drug-likeness (QED) is 0.735. The average molecular weight is 318 g/mol. The number of carbonyl (C=O) groups is 1. The summed E-state index contributed by atoms with van der Waals surface area (Å²) >= 11 is 1.47. The molecule has 0 atom stereocenters. The Hall–Kier alpha value is -1.85. The Morgan fingerprint density at radius 3 is 2.64 bits per heavy atom. The molecule has 0 fully saturated rings. The zero-order valence-corrected chi connectivity index (χ0v) is 13.8. The van der Waals surface area contributed by atoms with Crippen LogP contribution in [0.25, 0.3) is 10.4 Å². The molecule has 1 aromatic heterocycles. The first-order valence-corrected chi connectivity index (χ1v) is 8.38. The molecule has 4 nitrogen and oxygen atoms in total. The summed E-state index contributed by atoms with van der Waals surface area (Å²) in [6, 6.07) is 12.0. The number of rotatable bonds is 8. The van der Waals surface area contributed by atoms with Crippen LogP contribution in [-0.4, -0.2) is 32.1 Å². The van der Waals surface area contributed by atoms with Gasteiger partial charge in [-0.1, -0.05) is 37.3 Å². The molecular formula is C17H22N2O2S. The maximum Gasteiger partial charge on any atom is 0.265 e. The van der Waals surface area contributed by atoms with Crippen molar-refractivity contribution in [3.8, 4) is 16.2 Å². The Balaban J connectivity index is 2.15. The number of likely N-dealkylation sites (N-methyl/N-ethyl adjacent to an activating group) is 1. The van der Waals surface area contributed by atoms with E-state index < -0.39 is 0 Å². The van der Waals surface area contributed by atoms with Gasteiger partial charge in [-0.3, -0.25) is 4.79 Å². The van der Waals surface area contributed by atoms with Crippen molar-refractivity contribution in [2.24, 2.45) is 0 Å². The molecular weight excluding hydrogens is 296 g/mol. The van der Waals surface area contributed by atoms with Crippen molar-refractivity contribution >= 4 is 17.2 Å². The molecule has 118 valence electrons. The van der Waals surface area contributed by atoms with Crippen molar-refractivity contribution in [1.29, 1.82) is 0 Å². The van der Waals surface area contributed by atoms with Gasteiger partial charge in [-0.2, -0.15) is 0 Å². The smallest absolute Gasteiger partial charge is 0.265 e. The summed E-state index contributed by atoms with van der Waals surface area (Å²) in [5.74, 6) is 0.584. The minimum Gasteiger partial charge on any atom is -0.492 e. The van der Waals surface area contributed by atoms with Crippen LogP contribution >= 0.6 is 11.3 Å². The van der Waals surface area contributed by atoms with Crippen LogP contribution in [0.1, 0.15) is 23.5 Å². The van der Waals surface area contributed by atoms with Gasteiger partial charge in [0.25, 0.3) is 5.91 Å². The lowest BCUT2D eigenvalue weighted by atomic mass is 10.2. The monoisotopic (exact) mass is 318 g/mol. The van der Waals surface area contributed by atoms with E-state index in [0.717, 1.165) is 23.5 Å². The van der Waals surface area contributed by atoms with E-state index in [1.165, 1.54) is 11.3 Å². The van der Waals surface area contributed by atoms with E-state index in [9.17, 15) is 4.79 Å². The Bertz CT molecular complexity index is 596. The molecule has 22 heavy (non-hydrogen) atoms. The summed E-state index contributed by atoms with van der Waals surface area (Å²) in [5, 5.41) is 6.11. The number of thiophene rings is 1. The number of ether oxygens (including phenoxy) is 1. The van der Waals surface area contributed by atoms with E-state index in [4.69, 9.17) is 4.74 Å². The van der Waals surface area contributed by atoms with E-state index in [0.29, 0.717) is 23.8 Å². The molecule has 0 aliphatic rings. The average Bonchev–Trinajstić information content (AvgIpc) is 2.97. The fourth-order valence-electron chi connectivity index (χ4n) is 2.06. The van der Waals surface area contributed by atoms with Gasteiger partial charge in [0.05, 0.1) is 6.61 Å². The van der Waals surface area contributed by atoms with Gasteiger partial charge in [-0.25, -0.2) is 0 Å². The van der Waals surface area contributed by atoms with Gasteiger partial charge < -0.3 is 15.4 Å². The van der Waals surface area contributed by atoms with Crippen molar-refractivity contribution in [3.05, 3.63) is 41.3 Å². The highest BCUT2D eigenvalue weighted by molar-refractivity contribution is 7.17. The minimum absolute atomic E-state index is 0.0754. The van der Waals surface area contributed by atoms with Crippen LogP contribution in [-0.2, 0) is 0 Å². The van der Waals surface area contributed by atoms with Gasteiger partial charge in [0, 0.05) is 18.0 Å². The molecule has 0 saturated heterocycles. The molecule has 0 unspecified atom stereocenters. The van der Waals surface area contributed by atoms with Gasteiger partial charge in [0.2, 0.25) is 0 Å². The second-order valence-corrected chi connectivity index (χ2v) is 5.76. The molecule has 1 amide bonds. The fourth-order valence-corrected chi connectivity index (χ4v) is 3.08. The van der Waals surface area contributed by atoms with Crippen molar-refractivity contribution in [2.45, 2.75) is 13.8 Å². The molecule has 2 N–H and O–H groups in total. The van der Waals surface area contributed by atoms with E-state index in [1.807, 2.05) is 50.2 Å². The van der Waals surface area contributed by atoms with Gasteiger partial charge in [0.15, 0.2) is 0 Å². The molecule has 1 heterocycles. The summed E-state index contributed by atoms with van der Waals surface area (Å²) in [7, 11) is 0. The van der Waals surface area contributed by atoms with E-state index in [1.54, 1.807) is 0 Å². The molecule has 2 rings (SSSR count). The van der Waals surface area contributed by atoms with Crippen molar-refractivity contribution in [3.63, 3.8) is 0 Å². The van der Waals surface area contributed by atoms with Gasteiger partial charge >= 0.3 is 0 Å². The molecule has 0 bridgehead atoms.